The number of hydrogen-bond acceptors (Lipinski definition) is 0. The number of allylic oxidation sites excluding steroid dienone is 7. The SMILES string of the molecule is C=C/C=C\c1cc2ccccc2cc1-c1ccc2cccc(C3=C/C=C/c4ccc(-c5cc6ccccc6c6ccccc56)cc4C(C)(C)C=C3)c2c1. The van der Waals surface area contributed by atoms with Crippen LogP contribution in [0.4, 0.5) is 0 Å². The predicted octanol–water partition coefficient (Wildman–Crippen LogP) is 14.8. The van der Waals surface area contributed by atoms with Crippen molar-refractivity contribution in [3.63, 3.8) is 0 Å². The van der Waals surface area contributed by atoms with E-state index in [1.807, 2.05) is 12.2 Å². The summed E-state index contributed by atoms with van der Waals surface area (Å²) < 4.78 is 0. The van der Waals surface area contributed by atoms with Crippen LogP contribution in [0.5, 0.6) is 0 Å². The van der Waals surface area contributed by atoms with Crippen molar-refractivity contribution < 1.29 is 0 Å². The van der Waals surface area contributed by atoms with E-state index in [0.29, 0.717) is 0 Å². The Bertz CT molecular complexity index is 2870. The molecule has 0 saturated carbocycles. The first-order valence-electron chi connectivity index (χ1n) is 18.5. The van der Waals surface area contributed by atoms with Crippen LogP contribution in [0.15, 0.2) is 189 Å². The lowest BCUT2D eigenvalue weighted by atomic mass is 9.79. The molecular formula is C53H40. The molecule has 0 radical (unpaired) electrons. The molecule has 0 atom stereocenters. The molecule has 53 heavy (non-hydrogen) atoms. The molecule has 0 aliphatic heterocycles. The van der Waals surface area contributed by atoms with Crippen LogP contribution in [-0.2, 0) is 5.41 Å². The van der Waals surface area contributed by atoms with Gasteiger partial charge in [-0.2, -0.15) is 0 Å². The monoisotopic (exact) mass is 676 g/mol. The lowest BCUT2D eigenvalue weighted by Crippen LogP contribution is -2.15. The molecule has 1 aliphatic carbocycles. The molecule has 0 fully saturated rings. The number of fused-ring (bicyclic) bond motifs is 6. The van der Waals surface area contributed by atoms with E-state index < -0.39 is 0 Å². The maximum Gasteiger partial charge on any atom is 0.00847 e. The van der Waals surface area contributed by atoms with Gasteiger partial charge in [0.2, 0.25) is 0 Å². The standard InChI is InChI=1S/C53H40/c1-4-5-14-41-31-39-15-6-7-16-40(39)32-49(41)43-27-25-36-19-13-24-45(50(36)34-43)37-18-12-20-38-26-28-44(35-52(38)53(2,3)30-29-37)51-33-42-17-8-9-21-46(42)47-22-10-11-23-48(47)51/h4-35H,1H2,2-3H3/b14-5-,20-12+,30-29?,37-18?. The molecule has 0 heteroatoms. The van der Waals surface area contributed by atoms with E-state index in [4.69, 9.17) is 0 Å². The summed E-state index contributed by atoms with van der Waals surface area (Å²) in [5, 5.41) is 10.1. The van der Waals surface area contributed by atoms with Gasteiger partial charge in [0.15, 0.2) is 0 Å². The van der Waals surface area contributed by atoms with Gasteiger partial charge in [-0.3, -0.25) is 0 Å². The largest absolute Gasteiger partial charge is 0.0991 e. The van der Waals surface area contributed by atoms with E-state index >= 15 is 0 Å². The predicted molar refractivity (Wildman–Crippen MR) is 232 cm³/mol. The van der Waals surface area contributed by atoms with Crippen LogP contribution in [0.1, 0.15) is 36.1 Å². The minimum Gasteiger partial charge on any atom is -0.0991 e. The van der Waals surface area contributed by atoms with Crippen molar-refractivity contribution in [2.24, 2.45) is 0 Å². The zero-order chi connectivity index (χ0) is 35.9. The van der Waals surface area contributed by atoms with E-state index in [9.17, 15) is 0 Å². The maximum atomic E-state index is 3.92. The van der Waals surface area contributed by atoms with Gasteiger partial charge in [0.25, 0.3) is 0 Å². The Morgan fingerprint density at radius 3 is 2.02 bits per heavy atom. The molecule has 0 heterocycles. The van der Waals surface area contributed by atoms with Crippen molar-refractivity contribution in [1.29, 1.82) is 0 Å². The fourth-order valence-corrected chi connectivity index (χ4v) is 8.11. The van der Waals surface area contributed by atoms with E-state index in [0.717, 1.165) is 0 Å². The van der Waals surface area contributed by atoms with Gasteiger partial charge in [-0.05, 0) is 124 Å². The highest BCUT2D eigenvalue weighted by atomic mass is 14.3. The molecular weight excluding hydrogens is 637 g/mol. The van der Waals surface area contributed by atoms with Crippen LogP contribution in [0, 0.1) is 0 Å². The second kappa shape index (κ2) is 13.2. The average molecular weight is 677 g/mol. The van der Waals surface area contributed by atoms with Gasteiger partial charge in [-0.1, -0.05) is 184 Å². The van der Waals surface area contributed by atoms with Gasteiger partial charge in [-0.15, -0.1) is 0 Å². The van der Waals surface area contributed by atoms with Gasteiger partial charge in [0.05, 0.1) is 0 Å². The Morgan fingerprint density at radius 1 is 0.509 bits per heavy atom. The highest BCUT2D eigenvalue weighted by molar-refractivity contribution is 6.14. The Balaban J connectivity index is 1.14. The molecule has 0 N–H and O–H groups in total. The summed E-state index contributed by atoms with van der Waals surface area (Å²) in [6, 6.07) is 53.6. The van der Waals surface area contributed by atoms with Gasteiger partial charge < -0.3 is 0 Å². The first-order valence-corrected chi connectivity index (χ1v) is 18.5. The fraction of sp³-hybridized carbons (Fsp3) is 0.0566. The normalized spacial score (nSPS) is 14.6. The van der Waals surface area contributed by atoms with Crippen LogP contribution in [0.25, 0.3) is 83.1 Å². The van der Waals surface area contributed by atoms with E-state index in [2.05, 4.69) is 202 Å². The molecule has 1 aliphatic rings. The van der Waals surface area contributed by atoms with Crippen molar-refractivity contribution in [2.45, 2.75) is 19.3 Å². The summed E-state index contributed by atoms with van der Waals surface area (Å²) in [7, 11) is 0. The molecule has 252 valence electrons. The zero-order valence-electron chi connectivity index (χ0n) is 30.2. The average Bonchev–Trinajstić information content (AvgIpc) is 3.26. The van der Waals surface area contributed by atoms with Crippen molar-refractivity contribution in [3.05, 3.63) is 211 Å². The van der Waals surface area contributed by atoms with Crippen molar-refractivity contribution in [3.8, 4) is 22.3 Å². The maximum absolute atomic E-state index is 3.92. The smallest absolute Gasteiger partial charge is 0.00847 e. The molecule has 0 aromatic heterocycles. The van der Waals surface area contributed by atoms with Gasteiger partial charge in [-0.25, -0.2) is 0 Å². The third kappa shape index (κ3) is 5.93. The van der Waals surface area contributed by atoms with E-state index in [-0.39, 0.29) is 5.41 Å². The highest BCUT2D eigenvalue weighted by Crippen LogP contribution is 2.40. The summed E-state index contributed by atoms with van der Waals surface area (Å²) in [4.78, 5) is 0. The fourth-order valence-electron chi connectivity index (χ4n) is 8.11. The van der Waals surface area contributed by atoms with Crippen molar-refractivity contribution >= 4 is 60.8 Å². The second-order valence-corrected chi connectivity index (χ2v) is 14.7. The van der Waals surface area contributed by atoms with Crippen LogP contribution < -0.4 is 0 Å². The van der Waals surface area contributed by atoms with Crippen LogP contribution >= 0.6 is 0 Å². The van der Waals surface area contributed by atoms with Gasteiger partial charge >= 0.3 is 0 Å². The Morgan fingerprint density at radius 2 is 1.19 bits per heavy atom. The second-order valence-electron chi connectivity index (χ2n) is 14.7. The van der Waals surface area contributed by atoms with Crippen LogP contribution in [0.3, 0.4) is 0 Å². The molecule has 0 bridgehead atoms. The molecule has 8 aromatic rings. The number of benzene rings is 8. The molecule has 0 spiro atoms. The zero-order valence-corrected chi connectivity index (χ0v) is 30.2. The third-order valence-corrected chi connectivity index (χ3v) is 10.9. The quantitative estimate of drug-likeness (QED) is 0.126. The lowest BCUT2D eigenvalue weighted by molar-refractivity contribution is 0.669. The summed E-state index contributed by atoms with van der Waals surface area (Å²) in [5.41, 5.74) is 10.8. The van der Waals surface area contributed by atoms with Crippen LogP contribution in [-0.4, -0.2) is 0 Å². The van der Waals surface area contributed by atoms with Crippen molar-refractivity contribution in [2.75, 3.05) is 0 Å². The highest BCUT2D eigenvalue weighted by Gasteiger charge is 2.22. The molecule has 8 aromatic carbocycles. The minimum atomic E-state index is -0.223. The lowest BCUT2D eigenvalue weighted by Gasteiger charge is -2.25. The van der Waals surface area contributed by atoms with E-state index in [1.54, 1.807) is 0 Å². The van der Waals surface area contributed by atoms with E-state index in [1.165, 1.54) is 93.2 Å². The first-order chi connectivity index (χ1) is 26.0. The summed E-state index contributed by atoms with van der Waals surface area (Å²) in [6.07, 6.45) is 17.5. The third-order valence-electron chi connectivity index (χ3n) is 10.9. The summed E-state index contributed by atoms with van der Waals surface area (Å²) >= 11 is 0. The number of hydrogen-bond donors (Lipinski definition) is 0. The van der Waals surface area contributed by atoms with Crippen molar-refractivity contribution in [1.82, 2.24) is 0 Å². The topological polar surface area (TPSA) is 0 Å². The first kappa shape index (κ1) is 32.4. The Kier molecular flexibility index (Phi) is 8.10. The number of rotatable bonds is 5. The molecule has 0 saturated heterocycles. The Labute approximate surface area is 312 Å². The molecule has 0 nitrogen and oxygen atoms in total. The molecule has 0 unspecified atom stereocenters. The van der Waals surface area contributed by atoms with Gasteiger partial charge in [0.1, 0.15) is 0 Å². The molecule has 9 rings (SSSR count). The summed E-state index contributed by atoms with van der Waals surface area (Å²) in [6.45, 7) is 8.59. The van der Waals surface area contributed by atoms with Gasteiger partial charge in [0, 0.05) is 5.41 Å². The summed E-state index contributed by atoms with van der Waals surface area (Å²) in [5.74, 6) is 0. The van der Waals surface area contributed by atoms with Crippen LogP contribution in [0.2, 0.25) is 0 Å². The minimum absolute atomic E-state index is 0.223. The molecule has 0 amide bonds. The Hall–Kier alpha value is -6.50.